The van der Waals surface area contributed by atoms with Gasteiger partial charge in [-0.25, -0.2) is 4.98 Å². The Hall–Kier alpha value is -2.56. The van der Waals surface area contributed by atoms with Gasteiger partial charge in [-0.1, -0.05) is 25.0 Å². The summed E-state index contributed by atoms with van der Waals surface area (Å²) in [7, 11) is 1.64. The average molecular weight is 339 g/mol. The van der Waals surface area contributed by atoms with E-state index in [1.807, 2.05) is 36.4 Å². The van der Waals surface area contributed by atoms with Crippen LogP contribution in [-0.4, -0.2) is 31.1 Å². The van der Waals surface area contributed by atoms with Crippen molar-refractivity contribution in [2.45, 2.75) is 32.2 Å². The van der Waals surface area contributed by atoms with Crippen LogP contribution >= 0.6 is 0 Å². The highest BCUT2D eigenvalue weighted by Crippen LogP contribution is 2.21. The molecule has 0 spiro atoms. The van der Waals surface area contributed by atoms with Crippen molar-refractivity contribution in [3.8, 4) is 5.75 Å². The first-order chi connectivity index (χ1) is 12.3. The molecule has 2 aromatic rings. The van der Waals surface area contributed by atoms with E-state index in [-0.39, 0.29) is 5.91 Å². The number of rotatable bonds is 5. The second kappa shape index (κ2) is 8.51. The molecule has 1 amide bonds. The third-order valence-electron chi connectivity index (χ3n) is 4.55. The van der Waals surface area contributed by atoms with Crippen molar-refractivity contribution in [2.24, 2.45) is 0 Å². The summed E-state index contributed by atoms with van der Waals surface area (Å²) >= 11 is 0. The van der Waals surface area contributed by atoms with Crippen molar-refractivity contribution in [2.75, 3.05) is 25.1 Å². The zero-order valence-electron chi connectivity index (χ0n) is 14.7. The highest BCUT2D eigenvalue weighted by Gasteiger charge is 2.18. The van der Waals surface area contributed by atoms with E-state index < -0.39 is 0 Å². The van der Waals surface area contributed by atoms with Gasteiger partial charge in [0.15, 0.2) is 0 Å². The predicted octanol–water partition coefficient (Wildman–Crippen LogP) is 3.40. The molecule has 0 aliphatic carbocycles. The minimum Gasteiger partial charge on any atom is -0.497 e. The highest BCUT2D eigenvalue weighted by molar-refractivity contribution is 5.98. The normalized spacial score (nSPS) is 14.7. The number of aromatic nitrogens is 1. The van der Waals surface area contributed by atoms with Crippen LogP contribution in [-0.2, 0) is 6.54 Å². The van der Waals surface area contributed by atoms with Crippen LogP contribution in [0.5, 0.6) is 5.75 Å². The predicted molar refractivity (Wildman–Crippen MR) is 99.1 cm³/mol. The van der Waals surface area contributed by atoms with Gasteiger partial charge in [-0.05, 0) is 42.7 Å². The van der Waals surface area contributed by atoms with E-state index in [9.17, 15) is 4.79 Å². The van der Waals surface area contributed by atoms with Gasteiger partial charge in [-0.15, -0.1) is 0 Å². The van der Waals surface area contributed by atoms with E-state index in [4.69, 9.17) is 4.74 Å². The van der Waals surface area contributed by atoms with Gasteiger partial charge in [0.2, 0.25) is 0 Å². The molecule has 0 radical (unpaired) electrons. The van der Waals surface area contributed by atoms with Gasteiger partial charge in [0, 0.05) is 25.8 Å². The minimum absolute atomic E-state index is 0.0804. The average Bonchev–Trinajstić information content (AvgIpc) is 2.96. The Balaban J connectivity index is 1.68. The van der Waals surface area contributed by atoms with Gasteiger partial charge < -0.3 is 15.0 Å². The molecule has 0 bridgehead atoms. The standard InChI is InChI=1S/C20H25N3O2/c1-25-17-10-8-16(9-11-17)15-22-20(24)18-7-6-12-21-19(18)23-13-4-2-3-5-14-23/h6-12H,2-5,13-15H2,1H3,(H,22,24). The lowest BCUT2D eigenvalue weighted by Crippen LogP contribution is -2.30. The van der Waals surface area contributed by atoms with Crippen LogP contribution in [0.2, 0.25) is 0 Å². The van der Waals surface area contributed by atoms with Gasteiger partial charge >= 0.3 is 0 Å². The number of benzene rings is 1. The first-order valence-electron chi connectivity index (χ1n) is 8.89. The van der Waals surface area contributed by atoms with Crippen LogP contribution in [0, 0.1) is 0 Å². The SMILES string of the molecule is COc1ccc(CNC(=O)c2cccnc2N2CCCCCC2)cc1. The van der Waals surface area contributed by atoms with Gasteiger partial charge in [-0.3, -0.25) is 4.79 Å². The van der Waals surface area contributed by atoms with Crippen molar-refractivity contribution in [1.82, 2.24) is 10.3 Å². The van der Waals surface area contributed by atoms with Crippen LogP contribution in [0.1, 0.15) is 41.6 Å². The number of methoxy groups -OCH3 is 1. The summed E-state index contributed by atoms with van der Waals surface area (Å²) in [6.45, 7) is 2.42. The molecule has 1 aromatic carbocycles. The van der Waals surface area contributed by atoms with Crippen molar-refractivity contribution in [3.05, 3.63) is 53.7 Å². The summed E-state index contributed by atoms with van der Waals surface area (Å²) < 4.78 is 5.16. The van der Waals surface area contributed by atoms with Gasteiger partial charge in [0.05, 0.1) is 12.7 Å². The zero-order valence-corrected chi connectivity index (χ0v) is 14.7. The lowest BCUT2D eigenvalue weighted by molar-refractivity contribution is 0.0951. The molecule has 1 aromatic heterocycles. The molecule has 1 aliphatic rings. The maximum Gasteiger partial charge on any atom is 0.255 e. The molecular formula is C20H25N3O2. The fourth-order valence-electron chi connectivity index (χ4n) is 3.13. The first-order valence-corrected chi connectivity index (χ1v) is 8.89. The Kier molecular flexibility index (Phi) is 5.88. The number of carbonyl (C=O) groups excluding carboxylic acids is 1. The maximum absolute atomic E-state index is 12.7. The summed E-state index contributed by atoms with van der Waals surface area (Å²) in [5, 5.41) is 3.00. The van der Waals surface area contributed by atoms with E-state index in [0.717, 1.165) is 43.1 Å². The fraction of sp³-hybridized carbons (Fsp3) is 0.400. The molecule has 1 fully saturated rings. The molecule has 25 heavy (non-hydrogen) atoms. The summed E-state index contributed by atoms with van der Waals surface area (Å²) in [4.78, 5) is 19.4. The second-order valence-electron chi connectivity index (χ2n) is 6.31. The molecule has 2 heterocycles. The van der Waals surface area contributed by atoms with Crippen LogP contribution in [0.3, 0.4) is 0 Å². The number of ether oxygens (including phenoxy) is 1. The Labute approximate surface area is 149 Å². The summed E-state index contributed by atoms with van der Waals surface area (Å²) in [6.07, 6.45) is 6.58. The topological polar surface area (TPSA) is 54.5 Å². The summed E-state index contributed by atoms with van der Waals surface area (Å²) in [6, 6.07) is 11.4. The zero-order chi connectivity index (χ0) is 17.5. The molecule has 5 nitrogen and oxygen atoms in total. The molecule has 132 valence electrons. The van der Waals surface area contributed by atoms with Crippen molar-refractivity contribution in [1.29, 1.82) is 0 Å². The third kappa shape index (κ3) is 4.50. The molecule has 0 unspecified atom stereocenters. The van der Waals surface area contributed by atoms with E-state index in [1.165, 1.54) is 12.8 Å². The van der Waals surface area contributed by atoms with Crippen molar-refractivity contribution in [3.63, 3.8) is 0 Å². The van der Waals surface area contributed by atoms with E-state index in [0.29, 0.717) is 12.1 Å². The Morgan fingerprint density at radius 3 is 2.52 bits per heavy atom. The van der Waals surface area contributed by atoms with Crippen LogP contribution in [0.15, 0.2) is 42.6 Å². The maximum atomic E-state index is 12.7. The smallest absolute Gasteiger partial charge is 0.255 e. The summed E-state index contributed by atoms with van der Waals surface area (Å²) in [5.41, 5.74) is 1.69. The largest absolute Gasteiger partial charge is 0.497 e. The lowest BCUT2D eigenvalue weighted by Gasteiger charge is -2.23. The molecule has 0 atom stereocenters. The van der Waals surface area contributed by atoms with Crippen molar-refractivity contribution >= 4 is 11.7 Å². The number of hydrogen-bond donors (Lipinski definition) is 1. The number of nitrogens with one attached hydrogen (secondary N) is 1. The van der Waals surface area contributed by atoms with Gasteiger partial charge in [-0.2, -0.15) is 0 Å². The van der Waals surface area contributed by atoms with E-state index >= 15 is 0 Å². The number of pyridine rings is 1. The molecule has 3 rings (SSSR count). The van der Waals surface area contributed by atoms with Gasteiger partial charge in [0.25, 0.3) is 5.91 Å². The minimum atomic E-state index is -0.0804. The fourth-order valence-corrected chi connectivity index (χ4v) is 3.13. The Morgan fingerprint density at radius 1 is 1.12 bits per heavy atom. The monoisotopic (exact) mass is 339 g/mol. The first kappa shape index (κ1) is 17.3. The number of nitrogens with zero attached hydrogens (tertiary/aromatic N) is 2. The molecule has 0 saturated carbocycles. The van der Waals surface area contributed by atoms with E-state index in [1.54, 1.807) is 13.3 Å². The Morgan fingerprint density at radius 2 is 1.84 bits per heavy atom. The molecule has 5 heteroatoms. The number of hydrogen-bond acceptors (Lipinski definition) is 4. The number of carbonyl (C=O) groups is 1. The quantitative estimate of drug-likeness (QED) is 0.907. The van der Waals surface area contributed by atoms with Crippen molar-refractivity contribution < 1.29 is 9.53 Å². The molecule has 1 N–H and O–H groups in total. The van der Waals surface area contributed by atoms with Crippen LogP contribution in [0.4, 0.5) is 5.82 Å². The van der Waals surface area contributed by atoms with E-state index in [2.05, 4.69) is 15.2 Å². The molecule has 1 saturated heterocycles. The lowest BCUT2D eigenvalue weighted by atomic mass is 10.2. The van der Waals surface area contributed by atoms with Crippen LogP contribution in [0.25, 0.3) is 0 Å². The van der Waals surface area contributed by atoms with Gasteiger partial charge in [0.1, 0.15) is 11.6 Å². The molecular weight excluding hydrogens is 314 g/mol. The second-order valence-corrected chi connectivity index (χ2v) is 6.31. The summed E-state index contributed by atoms with van der Waals surface area (Å²) in [5.74, 6) is 1.53. The van der Waals surface area contributed by atoms with Crippen LogP contribution < -0.4 is 15.0 Å². The Bertz CT molecular complexity index is 692. The number of amides is 1. The highest BCUT2D eigenvalue weighted by atomic mass is 16.5. The third-order valence-corrected chi connectivity index (χ3v) is 4.55. The molecule has 1 aliphatic heterocycles. The number of anilines is 1.